The van der Waals surface area contributed by atoms with Gasteiger partial charge < -0.3 is 10.2 Å². The van der Waals surface area contributed by atoms with Crippen molar-refractivity contribution in [3.63, 3.8) is 0 Å². The van der Waals surface area contributed by atoms with Crippen molar-refractivity contribution in [1.82, 2.24) is 0 Å². The van der Waals surface area contributed by atoms with E-state index in [0.717, 1.165) is 23.5 Å². The van der Waals surface area contributed by atoms with Crippen LogP contribution in [0.1, 0.15) is 46.0 Å². The van der Waals surface area contributed by atoms with E-state index in [1.165, 1.54) is 30.6 Å². The van der Waals surface area contributed by atoms with E-state index in [0.29, 0.717) is 5.75 Å². The van der Waals surface area contributed by atoms with Gasteiger partial charge in [-0.25, -0.2) is 0 Å². The molecule has 1 amide bonds. The van der Waals surface area contributed by atoms with Gasteiger partial charge in [-0.05, 0) is 43.7 Å². The molecule has 26 heavy (non-hydrogen) atoms. The molecule has 0 spiro atoms. The van der Waals surface area contributed by atoms with Crippen LogP contribution in [-0.4, -0.2) is 17.7 Å². The first-order valence-electron chi connectivity index (χ1n) is 9.60. The number of hydrogen-bond donors (Lipinski definition) is 1. The standard InChI is InChI=1S/C22H28N2OS/c1-3-4-5-7-10-17(2)24-20-14-13-19(15-21(20)26-16-22(24)25)23-18-11-8-6-9-12-18/h6,8-9,11-15,17,23H,3-5,7,10,16H2,1-2H3. The van der Waals surface area contributed by atoms with E-state index in [1.807, 2.05) is 23.1 Å². The number of nitrogens with one attached hydrogen (secondary N) is 1. The van der Waals surface area contributed by atoms with Gasteiger partial charge in [-0.2, -0.15) is 0 Å². The van der Waals surface area contributed by atoms with Crippen LogP contribution in [0.4, 0.5) is 17.1 Å². The molecular weight excluding hydrogens is 340 g/mol. The maximum absolute atomic E-state index is 12.6. The zero-order chi connectivity index (χ0) is 18.4. The van der Waals surface area contributed by atoms with Crippen molar-refractivity contribution >= 4 is 34.7 Å². The van der Waals surface area contributed by atoms with Gasteiger partial charge in [-0.15, -0.1) is 11.8 Å². The Morgan fingerprint density at radius 1 is 1.08 bits per heavy atom. The molecule has 1 N–H and O–H groups in total. The van der Waals surface area contributed by atoms with E-state index >= 15 is 0 Å². The molecule has 0 saturated carbocycles. The third-order valence-electron chi connectivity index (χ3n) is 4.82. The molecule has 138 valence electrons. The van der Waals surface area contributed by atoms with Crippen LogP contribution in [0.5, 0.6) is 0 Å². The minimum atomic E-state index is 0.231. The van der Waals surface area contributed by atoms with Gasteiger partial charge in [0.15, 0.2) is 0 Å². The number of hydrogen-bond acceptors (Lipinski definition) is 3. The molecule has 0 saturated heterocycles. The SMILES string of the molecule is CCCCCCC(C)N1C(=O)CSc2cc(Nc3ccccc3)ccc21. The van der Waals surface area contributed by atoms with Crippen molar-refractivity contribution in [2.75, 3.05) is 16.0 Å². The molecule has 0 aliphatic carbocycles. The second-order valence-corrected chi connectivity index (χ2v) is 7.94. The van der Waals surface area contributed by atoms with Gasteiger partial charge in [0.25, 0.3) is 0 Å². The van der Waals surface area contributed by atoms with Crippen molar-refractivity contribution in [3.05, 3.63) is 48.5 Å². The van der Waals surface area contributed by atoms with Crippen LogP contribution in [0.25, 0.3) is 0 Å². The number of carbonyl (C=O) groups excluding carboxylic acids is 1. The lowest BCUT2D eigenvalue weighted by molar-refractivity contribution is -0.116. The number of benzene rings is 2. The molecule has 4 heteroatoms. The highest BCUT2D eigenvalue weighted by atomic mass is 32.2. The fourth-order valence-corrected chi connectivity index (χ4v) is 4.36. The summed E-state index contributed by atoms with van der Waals surface area (Å²) in [6.45, 7) is 4.41. The Balaban J connectivity index is 1.73. The van der Waals surface area contributed by atoms with Crippen molar-refractivity contribution in [2.45, 2.75) is 56.9 Å². The van der Waals surface area contributed by atoms with Gasteiger partial charge in [-0.3, -0.25) is 4.79 Å². The maximum atomic E-state index is 12.6. The van der Waals surface area contributed by atoms with Crippen LogP contribution >= 0.6 is 11.8 Å². The Kier molecular flexibility index (Phi) is 6.62. The zero-order valence-electron chi connectivity index (χ0n) is 15.7. The Morgan fingerprint density at radius 2 is 1.88 bits per heavy atom. The molecule has 1 aliphatic heterocycles. The van der Waals surface area contributed by atoms with Crippen LogP contribution < -0.4 is 10.2 Å². The van der Waals surface area contributed by atoms with E-state index in [4.69, 9.17) is 0 Å². The summed E-state index contributed by atoms with van der Waals surface area (Å²) in [5.74, 6) is 0.760. The first-order chi connectivity index (χ1) is 12.7. The van der Waals surface area contributed by atoms with Crippen molar-refractivity contribution in [3.8, 4) is 0 Å². The number of anilines is 3. The van der Waals surface area contributed by atoms with Crippen molar-refractivity contribution in [1.29, 1.82) is 0 Å². The summed E-state index contributed by atoms with van der Waals surface area (Å²) in [5.41, 5.74) is 3.20. The number of carbonyl (C=O) groups is 1. The van der Waals surface area contributed by atoms with Gasteiger partial charge in [0, 0.05) is 22.3 Å². The van der Waals surface area contributed by atoms with Gasteiger partial charge in [0.2, 0.25) is 5.91 Å². The molecule has 0 fully saturated rings. The minimum absolute atomic E-state index is 0.231. The van der Waals surface area contributed by atoms with Crippen LogP contribution in [0.3, 0.4) is 0 Å². The average molecular weight is 369 g/mol. The lowest BCUT2D eigenvalue weighted by Crippen LogP contribution is -2.42. The lowest BCUT2D eigenvalue weighted by Gasteiger charge is -2.34. The monoisotopic (exact) mass is 368 g/mol. The summed E-state index contributed by atoms with van der Waals surface area (Å²) in [6, 6.07) is 16.8. The van der Waals surface area contributed by atoms with E-state index in [1.54, 1.807) is 11.8 Å². The summed E-state index contributed by atoms with van der Waals surface area (Å²) in [4.78, 5) is 15.8. The first-order valence-corrected chi connectivity index (χ1v) is 10.6. The first kappa shape index (κ1) is 18.8. The summed E-state index contributed by atoms with van der Waals surface area (Å²) in [5, 5.41) is 3.44. The Labute approximate surface area is 161 Å². The maximum Gasteiger partial charge on any atom is 0.237 e. The smallest absolute Gasteiger partial charge is 0.237 e. The Morgan fingerprint density at radius 3 is 2.65 bits per heavy atom. The molecule has 0 radical (unpaired) electrons. The van der Waals surface area contributed by atoms with Crippen molar-refractivity contribution in [2.24, 2.45) is 0 Å². The number of amides is 1. The fraction of sp³-hybridized carbons (Fsp3) is 0.409. The molecule has 2 aromatic carbocycles. The van der Waals surface area contributed by atoms with Crippen LogP contribution in [0, 0.1) is 0 Å². The molecule has 3 nitrogen and oxygen atoms in total. The number of fused-ring (bicyclic) bond motifs is 1. The summed E-state index contributed by atoms with van der Waals surface area (Å²) < 4.78 is 0. The quantitative estimate of drug-likeness (QED) is 0.561. The molecule has 0 aromatic heterocycles. The average Bonchev–Trinajstić information content (AvgIpc) is 2.66. The van der Waals surface area contributed by atoms with E-state index in [2.05, 4.69) is 49.5 Å². The topological polar surface area (TPSA) is 32.3 Å². The molecule has 2 aromatic rings. The molecule has 1 aliphatic rings. The van der Waals surface area contributed by atoms with E-state index in [9.17, 15) is 4.79 Å². The second kappa shape index (κ2) is 9.13. The van der Waals surface area contributed by atoms with Gasteiger partial charge in [0.05, 0.1) is 11.4 Å². The Bertz CT molecular complexity index is 732. The normalized spacial score (nSPS) is 14.8. The largest absolute Gasteiger partial charge is 0.355 e. The minimum Gasteiger partial charge on any atom is -0.355 e. The predicted octanol–water partition coefficient (Wildman–Crippen LogP) is 6.23. The van der Waals surface area contributed by atoms with Gasteiger partial charge >= 0.3 is 0 Å². The summed E-state index contributed by atoms with van der Waals surface area (Å²) >= 11 is 1.64. The van der Waals surface area contributed by atoms with Gasteiger partial charge in [-0.1, -0.05) is 50.8 Å². The Hall–Kier alpha value is -1.94. The number of thioether (sulfide) groups is 1. The lowest BCUT2D eigenvalue weighted by atomic mass is 10.1. The predicted molar refractivity (Wildman–Crippen MR) is 113 cm³/mol. The zero-order valence-corrected chi connectivity index (χ0v) is 16.5. The van der Waals surface area contributed by atoms with Crippen LogP contribution in [0.15, 0.2) is 53.4 Å². The number of rotatable bonds is 8. The highest BCUT2D eigenvalue weighted by Crippen LogP contribution is 2.39. The number of para-hydroxylation sites is 1. The van der Waals surface area contributed by atoms with Gasteiger partial charge in [0.1, 0.15) is 0 Å². The molecule has 1 atom stereocenters. The third-order valence-corrected chi connectivity index (χ3v) is 5.85. The molecule has 3 rings (SSSR count). The summed E-state index contributed by atoms with van der Waals surface area (Å²) in [7, 11) is 0. The molecule has 0 bridgehead atoms. The molecule has 1 unspecified atom stereocenters. The van der Waals surface area contributed by atoms with E-state index in [-0.39, 0.29) is 11.9 Å². The van der Waals surface area contributed by atoms with Crippen molar-refractivity contribution < 1.29 is 4.79 Å². The highest BCUT2D eigenvalue weighted by Gasteiger charge is 2.28. The highest BCUT2D eigenvalue weighted by molar-refractivity contribution is 8.00. The molecule has 1 heterocycles. The van der Waals surface area contributed by atoms with Crippen LogP contribution in [-0.2, 0) is 4.79 Å². The number of nitrogens with zero attached hydrogens (tertiary/aromatic N) is 1. The fourth-order valence-electron chi connectivity index (χ4n) is 3.42. The second-order valence-electron chi connectivity index (χ2n) is 6.92. The number of unbranched alkanes of at least 4 members (excludes halogenated alkanes) is 3. The van der Waals surface area contributed by atoms with E-state index < -0.39 is 0 Å². The summed E-state index contributed by atoms with van der Waals surface area (Å²) in [6.07, 6.45) is 6.04. The molecular formula is C22H28N2OS. The third kappa shape index (κ3) is 4.61. The van der Waals surface area contributed by atoms with Crippen LogP contribution in [0.2, 0.25) is 0 Å².